The van der Waals surface area contributed by atoms with E-state index >= 15 is 0 Å². The Labute approximate surface area is 102 Å². The molecule has 0 saturated carbocycles. The van der Waals surface area contributed by atoms with Gasteiger partial charge in [-0.15, -0.1) is 0 Å². The minimum absolute atomic E-state index is 0.0320. The van der Waals surface area contributed by atoms with Gasteiger partial charge in [-0.3, -0.25) is 9.48 Å². The third-order valence-electron chi connectivity index (χ3n) is 2.59. The van der Waals surface area contributed by atoms with E-state index in [0.29, 0.717) is 6.29 Å². The summed E-state index contributed by atoms with van der Waals surface area (Å²) < 4.78 is 33.4. The molecule has 2 aromatic rings. The van der Waals surface area contributed by atoms with Gasteiger partial charge in [0.05, 0.1) is 24.6 Å². The predicted octanol–water partition coefficient (Wildman–Crippen LogP) is 2.19. The number of ether oxygens (including phenoxy) is 1. The van der Waals surface area contributed by atoms with Gasteiger partial charge in [-0.2, -0.15) is 5.10 Å². The summed E-state index contributed by atoms with van der Waals surface area (Å²) >= 11 is 0. The van der Waals surface area contributed by atoms with Crippen LogP contribution in [0, 0.1) is 11.6 Å². The molecule has 6 heteroatoms. The van der Waals surface area contributed by atoms with E-state index in [-0.39, 0.29) is 22.6 Å². The van der Waals surface area contributed by atoms with Gasteiger partial charge in [-0.05, 0) is 6.07 Å². The van der Waals surface area contributed by atoms with Crippen LogP contribution in [0.5, 0.6) is 5.75 Å². The zero-order valence-corrected chi connectivity index (χ0v) is 9.78. The lowest BCUT2D eigenvalue weighted by atomic mass is 10.1. The Hall–Kier alpha value is -2.24. The molecule has 94 valence electrons. The van der Waals surface area contributed by atoms with Gasteiger partial charge in [0.25, 0.3) is 0 Å². The summed E-state index contributed by atoms with van der Waals surface area (Å²) in [6.45, 7) is 0. The van der Waals surface area contributed by atoms with Crippen LogP contribution in [0.15, 0.2) is 18.3 Å². The number of aryl methyl sites for hydroxylation is 1. The van der Waals surface area contributed by atoms with Crippen molar-refractivity contribution in [3.05, 3.63) is 35.5 Å². The van der Waals surface area contributed by atoms with E-state index < -0.39 is 11.6 Å². The molecular formula is C12H10F2N2O2. The Kier molecular flexibility index (Phi) is 3.10. The molecule has 18 heavy (non-hydrogen) atoms. The van der Waals surface area contributed by atoms with E-state index in [0.717, 1.165) is 12.1 Å². The SMILES string of the molecule is COc1cc(F)c(-c2c(C=O)cnn2C)cc1F. The highest BCUT2D eigenvalue weighted by Crippen LogP contribution is 2.30. The maximum Gasteiger partial charge on any atom is 0.165 e. The van der Waals surface area contributed by atoms with E-state index in [1.807, 2.05) is 0 Å². The van der Waals surface area contributed by atoms with Crippen molar-refractivity contribution in [3.63, 3.8) is 0 Å². The highest BCUT2D eigenvalue weighted by atomic mass is 19.1. The van der Waals surface area contributed by atoms with Crippen LogP contribution in [0.25, 0.3) is 11.3 Å². The van der Waals surface area contributed by atoms with Crippen LogP contribution in [0.2, 0.25) is 0 Å². The van der Waals surface area contributed by atoms with Gasteiger partial charge in [0.2, 0.25) is 0 Å². The highest BCUT2D eigenvalue weighted by molar-refractivity contribution is 5.85. The lowest BCUT2D eigenvalue weighted by Gasteiger charge is -2.08. The van der Waals surface area contributed by atoms with Crippen molar-refractivity contribution in [2.45, 2.75) is 0 Å². The fourth-order valence-corrected chi connectivity index (χ4v) is 1.74. The van der Waals surface area contributed by atoms with E-state index in [4.69, 9.17) is 0 Å². The second kappa shape index (κ2) is 4.56. The van der Waals surface area contributed by atoms with Crippen molar-refractivity contribution in [1.82, 2.24) is 9.78 Å². The zero-order valence-electron chi connectivity index (χ0n) is 9.78. The Morgan fingerprint density at radius 3 is 2.67 bits per heavy atom. The molecule has 0 saturated heterocycles. The number of carbonyl (C=O) groups is 1. The number of carbonyl (C=O) groups excluding carboxylic acids is 1. The maximum absolute atomic E-state index is 13.9. The minimum atomic E-state index is -0.702. The molecule has 0 aliphatic carbocycles. The number of hydrogen-bond donors (Lipinski definition) is 0. The molecule has 2 rings (SSSR count). The normalized spacial score (nSPS) is 10.4. The average molecular weight is 252 g/mol. The van der Waals surface area contributed by atoms with Crippen LogP contribution < -0.4 is 4.74 Å². The standard InChI is InChI=1S/C12H10F2N2O2/c1-16-12(7(6-17)5-15-16)8-3-10(14)11(18-2)4-9(8)13/h3-6H,1-2H3. The van der Waals surface area contributed by atoms with Gasteiger partial charge < -0.3 is 4.74 Å². The summed E-state index contributed by atoms with van der Waals surface area (Å²) in [5, 5.41) is 3.84. The fraction of sp³-hybridized carbons (Fsp3) is 0.167. The molecule has 0 fully saturated rings. The Morgan fingerprint density at radius 2 is 2.06 bits per heavy atom. The van der Waals surface area contributed by atoms with Crippen molar-refractivity contribution < 1.29 is 18.3 Å². The smallest absolute Gasteiger partial charge is 0.165 e. The number of rotatable bonds is 3. The molecule has 0 aliphatic heterocycles. The first kappa shape index (κ1) is 12.2. The molecule has 4 nitrogen and oxygen atoms in total. The number of halogens is 2. The van der Waals surface area contributed by atoms with Crippen molar-refractivity contribution in [1.29, 1.82) is 0 Å². The van der Waals surface area contributed by atoms with Gasteiger partial charge in [-0.25, -0.2) is 8.78 Å². The molecule has 1 aromatic carbocycles. The van der Waals surface area contributed by atoms with Gasteiger partial charge in [-0.1, -0.05) is 0 Å². The predicted molar refractivity (Wildman–Crippen MR) is 60.5 cm³/mol. The first-order valence-corrected chi connectivity index (χ1v) is 5.09. The van der Waals surface area contributed by atoms with Gasteiger partial charge in [0.1, 0.15) is 5.82 Å². The quantitative estimate of drug-likeness (QED) is 0.786. The first-order chi connectivity index (χ1) is 8.58. The van der Waals surface area contributed by atoms with Crippen molar-refractivity contribution >= 4 is 6.29 Å². The molecule has 0 amide bonds. The van der Waals surface area contributed by atoms with Gasteiger partial charge in [0, 0.05) is 18.7 Å². The zero-order chi connectivity index (χ0) is 13.3. The van der Waals surface area contributed by atoms with Crippen molar-refractivity contribution in [2.75, 3.05) is 7.11 Å². The third kappa shape index (κ3) is 1.85. The van der Waals surface area contributed by atoms with Crippen LogP contribution >= 0.6 is 0 Å². The largest absolute Gasteiger partial charge is 0.494 e. The number of methoxy groups -OCH3 is 1. The molecule has 0 bridgehead atoms. The summed E-state index contributed by atoms with van der Waals surface area (Å²) in [5.74, 6) is -1.57. The third-order valence-corrected chi connectivity index (χ3v) is 2.59. The topological polar surface area (TPSA) is 44.1 Å². The van der Waals surface area contributed by atoms with Crippen LogP contribution in [-0.4, -0.2) is 23.2 Å². The number of benzene rings is 1. The van der Waals surface area contributed by atoms with Crippen LogP contribution in [0.1, 0.15) is 10.4 Å². The molecule has 0 radical (unpaired) electrons. The molecule has 0 aliphatic rings. The second-order valence-corrected chi connectivity index (χ2v) is 3.66. The molecule has 0 spiro atoms. The Morgan fingerprint density at radius 1 is 1.33 bits per heavy atom. The van der Waals surface area contributed by atoms with E-state index in [2.05, 4.69) is 9.84 Å². The molecular weight excluding hydrogens is 242 g/mol. The molecule has 0 atom stereocenters. The summed E-state index contributed by atoms with van der Waals surface area (Å²) in [6.07, 6.45) is 1.84. The van der Waals surface area contributed by atoms with E-state index in [9.17, 15) is 13.6 Å². The highest BCUT2D eigenvalue weighted by Gasteiger charge is 2.17. The maximum atomic E-state index is 13.9. The molecule has 0 N–H and O–H groups in total. The Bertz CT molecular complexity index is 608. The van der Waals surface area contributed by atoms with E-state index in [1.54, 1.807) is 7.05 Å². The molecule has 1 aromatic heterocycles. The number of aldehydes is 1. The summed E-state index contributed by atoms with van der Waals surface area (Å²) in [4.78, 5) is 10.8. The van der Waals surface area contributed by atoms with Crippen LogP contribution in [0.4, 0.5) is 8.78 Å². The first-order valence-electron chi connectivity index (χ1n) is 5.09. The minimum Gasteiger partial charge on any atom is -0.494 e. The second-order valence-electron chi connectivity index (χ2n) is 3.66. The summed E-state index contributed by atoms with van der Waals surface area (Å²) in [7, 11) is 2.79. The number of nitrogens with zero attached hydrogens (tertiary/aromatic N) is 2. The number of hydrogen-bond acceptors (Lipinski definition) is 3. The summed E-state index contributed by atoms with van der Waals surface area (Å²) in [5.41, 5.74) is 0.389. The van der Waals surface area contributed by atoms with E-state index in [1.165, 1.54) is 18.0 Å². The van der Waals surface area contributed by atoms with Crippen LogP contribution in [-0.2, 0) is 7.05 Å². The van der Waals surface area contributed by atoms with Gasteiger partial charge >= 0.3 is 0 Å². The molecule has 0 unspecified atom stereocenters. The lowest BCUT2D eigenvalue weighted by Crippen LogP contribution is -1.99. The Balaban J connectivity index is 2.67. The fourth-order valence-electron chi connectivity index (χ4n) is 1.74. The average Bonchev–Trinajstić information content (AvgIpc) is 2.72. The van der Waals surface area contributed by atoms with Crippen molar-refractivity contribution in [2.24, 2.45) is 7.05 Å². The number of aromatic nitrogens is 2. The van der Waals surface area contributed by atoms with Gasteiger partial charge in [0.15, 0.2) is 17.9 Å². The van der Waals surface area contributed by atoms with Crippen LogP contribution in [0.3, 0.4) is 0 Å². The van der Waals surface area contributed by atoms with Crippen molar-refractivity contribution in [3.8, 4) is 17.0 Å². The lowest BCUT2D eigenvalue weighted by molar-refractivity contribution is 0.112. The molecule has 1 heterocycles. The monoisotopic (exact) mass is 252 g/mol. The summed E-state index contributed by atoms with van der Waals surface area (Å²) in [6, 6.07) is 1.92.